The van der Waals surface area contributed by atoms with E-state index in [4.69, 9.17) is 4.74 Å². The predicted molar refractivity (Wildman–Crippen MR) is 100 cm³/mol. The molecule has 1 heterocycles. The Morgan fingerprint density at radius 3 is 2.65 bits per heavy atom. The molecule has 0 saturated carbocycles. The Kier molecular flexibility index (Phi) is 6.23. The van der Waals surface area contributed by atoms with Crippen LogP contribution in [0.15, 0.2) is 48.5 Å². The average molecular weight is 356 g/mol. The Labute approximate surface area is 154 Å². The Bertz CT molecular complexity index is 736. The first-order chi connectivity index (χ1) is 12.6. The van der Waals surface area contributed by atoms with Crippen molar-refractivity contribution in [3.63, 3.8) is 0 Å². The van der Waals surface area contributed by atoms with Gasteiger partial charge >= 0.3 is 0 Å². The lowest BCUT2D eigenvalue weighted by atomic mass is 10.1. The van der Waals surface area contributed by atoms with E-state index in [1.54, 1.807) is 19.1 Å². The number of rotatable bonds is 5. The summed E-state index contributed by atoms with van der Waals surface area (Å²) in [7, 11) is 0. The molecule has 5 heteroatoms. The normalized spacial score (nSPS) is 15.5. The third-order valence-electron chi connectivity index (χ3n) is 4.79. The molecule has 26 heavy (non-hydrogen) atoms. The first-order valence-corrected chi connectivity index (χ1v) is 9.10. The minimum absolute atomic E-state index is 0.0793. The maximum absolute atomic E-state index is 13.7. The van der Waals surface area contributed by atoms with Crippen LogP contribution >= 0.6 is 0 Å². The first-order valence-electron chi connectivity index (χ1n) is 9.10. The van der Waals surface area contributed by atoms with Crippen LogP contribution in [0.5, 0.6) is 5.75 Å². The van der Waals surface area contributed by atoms with E-state index in [9.17, 15) is 9.18 Å². The fraction of sp³-hybridized carbons (Fsp3) is 0.381. The second-order valence-corrected chi connectivity index (χ2v) is 6.56. The number of hydrogen-bond acceptors (Lipinski definition) is 3. The van der Waals surface area contributed by atoms with Gasteiger partial charge in [0.1, 0.15) is 18.2 Å². The molecule has 2 aromatic rings. The predicted octanol–water partition coefficient (Wildman–Crippen LogP) is 3.36. The van der Waals surface area contributed by atoms with Crippen molar-refractivity contribution in [2.24, 2.45) is 0 Å². The summed E-state index contributed by atoms with van der Waals surface area (Å²) >= 11 is 0. The summed E-state index contributed by atoms with van der Waals surface area (Å²) in [5, 5.41) is 0. The van der Waals surface area contributed by atoms with Crippen LogP contribution in [-0.2, 0) is 0 Å². The van der Waals surface area contributed by atoms with E-state index < -0.39 is 0 Å². The van der Waals surface area contributed by atoms with E-state index in [0.29, 0.717) is 30.8 Å². The topological polar surface area (TPSA) is 32.8 Å². The fourth-order valence-electron chi connectivity index (χ4n) is 3.22. The van der Waals surface area contributed by atoms with Crippen molar-refractivity contribution in [3.05, 3.63) is 65.5 Å². The van der Waals surface area contributed by atoms with E-state index in [1.165, 1.54) is 6.07 Å². The van der Waals surface area contributed by atoms with Gasteiger partial charge in [-0.2, -0.15) is 0 Å². The van der Waals surface area contributed by atoms with Crippen LogP contribution in [0.25, 0.3) is 0 Å². The summed E-state index contributed by atoms with van der Waals surface area (Å²) in [4.78, 5) is 16.9. The van der Waals surface area contributed by atoms with Gasteiger partial charge in [0.05, 0.1) is 0 Å². The zero-order valence-corrected chi connectivity index (χ0v) is 15.2. The van der Waals surface area contributed by atoms with Crippen LogP contribution in [0.2, 0.25) is 0 Å². The van der Waals surface area contributed by atoms with E-state index in [1.807, 2.05) is 35.2 Å². The Hall–Kier alpha value is -2.40. The van der Waals surface area contributed by atoms with Gasteiger partial charge in [-0.05, 0) is 43.2 Å². The molecule has 1 saturated heterocycles. The standard InChI is InChI=1S/C21H25FN2O2/c1-17-19(9-5-10-20(17)22)21(25)24-12-6-11-23(13-14-24)15-16-26-18-7-3-2-4-8-18/h2-5,7-10H,6,11-16H2,1H3. The van der Waals surface area contributed by atoms with E-state index in [-0.39, 0.29) is 11.7 Å². The molecule has 0 aromatic heterocycles. The minimum atomic E-state index is -0.328. The van der Waals surface area contributed by atoms with Gasteiger partial charge in [-0.15, -0.1) is 0 Å². The molecule has 0 bridgehead atoms. The Morgan fingerprint density at radius 2 is 1.85 bits per heavy atom. The monoisotopic (exact) mass is 356 g/mol. The summed E-state index contributed by atoms with van der Waals surface area (Å²) < 4.78 is 19.5. The highest BCUT2D eigenvalue weighted by molar-refractivity contribution is 5.95. The van der Waals surface area contributed by atoms with Crippen molar-refractivity contribution in [1.82, 2.24) is 9.80 Å². The number of carbonyl (C=O) groups excluding carboxylic acids is 1. The molecule has 0 unspecified atom stereocenters. The summed E-state index contributed by atoms with van der Waals surface area (Å²) in [5.74, 6) is 0.468. The molecule has 4 nitrogen and oxygen atoms in total. The summed E-state index contributed by atoms with van der Waals surface area (Å²) in [5.41, 5.74) is 0.890. The fourth-order valence-corrected chi connectivity index (χ4v) is 3.22. The van der Waals surface area contributed by atoms with Crippen molar-refractivity contribution in [2.75, 3.05) is 39.3 Å². The highest BCUT2D eigenvalue weighted by Crippen LogP contribution is 2.16. The second kappa shape index (κ2) is 8.81. The number of benzene rings is 2. The largest absolute Gasteiger partial charge is 0.492 e. The molecule has 0 aliphatic carbocycles. The minimum Gasteiger partial charge on any atom is -0.492 e. The maximum atomic E-state index is 13.7. The van der Waals surface area contributed by atoms with Crippen molar-refractivity contribution in [2.45, 2.75) is 13.3 Å². The zero-order chi connectivity index (χ0) is 18.4. The molecule has 0 N–H and O–H groups in total. The molecule has 0 spiro atoms. The van der Waals surface area contributed by atoms with Crippen LogP contribution in [0, 0.1) is 12.7 Å². The Morgan fingerprint density at radius 1 is 1.04 bits per heavy atom. The lowest BCUT2D eigenvalue weighted by molar-refractivity contribution is 0.0759. The summed E-state index contributed by atoms with van der Waals surface area (Å²) in [6.45, 7) is 6.21. The van der Waals surface area contributed by atoms with Gasteiger partial charge in [0.2, 0.25) is 0 Å². The number of ether oxygens (including phenoxy) is 1. The highest BCUT2D eigenvalue weighted by Gasteiger charge is 2.22. The molecule has 3 rings (SSSR count). The van der Waals surface area contributed by atoms with Gasteiger partial charge in [-0.1, -0.05) is 24.3 Å². The van der Waals surface area contributed by atoms with Gasteiger partial charge in [0, 0.05) is 38.3 Å². The van der Waals surface area contributed by atoms with Gasteiger partial charge in [-0.25, -0.2) is 4.39 Å². The third-order valence-corrected chi connectivity index (χ3v) is 4.79. The van der Waals surface area contributed by atoms with Crippen LogP contribution in [0.4, 0.5) is 4.39 Å². The first kappa shape index (κ1) is 18.4. The molecule has 1 aliphatic rings. The molecule has 1 amide bonds. The van der Waals surface area contributed by atoms with Crippen molar-refractivity contribution >= 4 is 5.91 Å². The van der Waals surface area contributed by atoms with Crippen LogP contribution in [0.3, 0.4) is 0 Å². The smallest absolute Gasteiger partial charge is 0.254 e. The van der Waals surface area contributed by atoms with Gasteiger partial charge < -0.3 is 9.64 Å². The second-order valence-electron chi connectivity index (χ2n) is 6.56. The number of amides is 1. The lowest BCUT2D eigenvalue weighted by Crippen LogP contribution is -2.36. The molecule has 138 valence electrons. The van der Waals surface area contributed by atoms with E-state index in [2.05, 4.69) is 4.90 Å². The molecule has 1 aliphatic heterocycles. The maximum Gasteiger partial charge on any atom is 0.254 e. The van der Waals surface area contributed by atoms with Crippen LogP contribution < -0.4 is 4.74 Å². The zero-order valence-electron chi connectivity index (χ0n) is 15.2. The molecule has 0 radical (unpaired) electrons. The number of nitrogens with zero attached hydrogens (tertiary/aromatic N) is 2. The van der Waals surface area contributed by atoms with E-state index >= 15 is 0 Å². The molecule has 1 fully saturated rings. The number of para-hydroxylation sites is 1. The van der Waals surface area contributed by atoms with Gasteiger partial charge in [-0.3, -0.25) is 9.69 Å². The van der Waals surface area contributed by atoms with Crippen LogP contribution in [0.1, 0.15) is 22.3 Å². The Balaban J connectivity index is 1.51. The van der Waals surface area contributed by atoms with Gasteiger partial charge in [0.15, 0.2) is 0 Å². The molecule has 2 aromatic carbocycles. The number of halogens is 1. The summed E-state index contributed by atoms with van der Waals surface area (Å²) in [6.07, 6.45) is 0.908. The quantitative estimate of drug-likeness (QED) is 0.824. The molecule has 0 atom stereocenters. The highest BCUT2D eigenvalue weighted by atomic mass is 19.1. The van der Waals surface area contributed by atoms with Crippen molar-refractivity contribution < 1.29 is 13.9 Å². The van der Waals surface area contributed by atoms with Crippen LogP contribution in [-0.4, -0.2) is 55.0 Å². The molecular formula is C21H25FN2O2. The number of carbonyl (C=O) groups is 1. The third kappa shape index (κ3) is 4.61. The summed E-state index contributed by atoms with van der Waals surface area (Å²) in [6, 6.07) is 14.5. The lowest BCUT2D eigenvalue weighted by Gasteiger charge is -2.22. The van der Waals surface area contributed by atoms with Gasteiger partial charge in [0.25, 0.3) is 5.91 Å². The average Bonchev–Trinajstić information content (AvgIpc) is 2.90. The van der Waals surface area contributed by atoms with Crippen molar-refractivity contribution in [1.29, 1.82) is 0 Å². The SMILES string of the molecule is Cc1c(F)cccc1C(=O)N1CCCN(CCOc2ccccc2)CC1. The number of hydrogen-bond donors (Lipinski definition) is 0. The van der Waals surface area contributed by atoms with E-state index in [0.717, 1.165) is 31.8 Å². The van der Waals surface area contributed by atoms with Crippen molar-refractivity contribution in [3.8, 4) is 5.75 Å². The molecular weight excluding hydrogens is 331 g/mol.